The third kappa shape index (κ3) is 5.84. The van der Waals surface area contributed by atoms with E-state index in [0.29, 0.717) is 23.5 Å². The van der Waals surface area contributed by atoms with Gasteiger partial charge >= 0.3 is 0 Å². The Hall–Kier alpha value is -2.82. The zero-order chi connectivity index (χ0) is 20.0. The van der Waals surface area contributed by atoms with Gasteiger partial charge in [-0.05, 0) is 47.7 Å². The van der Waals surface area contributed by atoms with E-state index in [2.05, 4.69) is 31.4 Å². The van der Waals surface area contributed by atoms with Crippen LogP contribution in [0.5, 0.6) is 5.75 Å². The van der Waals surface area contributed by atoms with Crippen LogP contribution >= 0.6 is 0 Å². The van der Waals surface area contributed by atoms with E-state index >= 15 is 0 Å². The summed E-state index contributed by atoms with van der Waals surface area (Å²) in [6, 6.07) is 13.2. The van der Waals surface area contributed by atoms with Crippen LogP contribution < -0.4 is 15.4 Å². The number of rotatable bonds is 6. The molecule has 0 heterocycles. The first kappa shape index (κ1) is 20.5. The lowest BCUT2D eigenvalue weighted by Crippen LogP contribution is -2.21. The first-order valence-corrected chi connectivity index (χ1v) is 9.13. The number of carbonyl (C=O) groups excluding carboxylic acids is 2. The van der Waals surface area contributed by atoms with Crippen LogP contribution in [0, 0.1) is 6.92 Å². The highest BCUT2D eigenvalue weighted by molar-refractivity contribution is 5.96. The van der Waals surface area contributed by atoms with Gasteiger partial charge in [0.15, 0.2) is 6.61 Å². The van der Waals surface area contributed by atoms with Gasteiger partial charge in [0.1, 0.15) is 5.75 Å². The molecule has 2 rings (SSSR count). The molecule has 0 radical (unpaired) electrons. The highest BCUT2D eigenvalue weighted by atomic mass is 16.5. The summed E-state index contributed by atoms with van der Waals surface area (Å²) >= 11 is 0. The summed E-state index contributed by atoms with van der Waals surface area (Å²) in [5, 5.41) is 5.66. The Balaban J connectivity index is 1.96. The molecule has 5 nitrogen and oxygen atoms in total. The number of hydrogen-bond acceptors (Lipinski definition) is 3. The van der Waals surface area contributed by atoms with Gasteiger partial charge in [0.25, 0.3) is 5.91 Å². The van der Waals surface area contributed by atoms with Crippen molar-refractivity contribution in [2.24, 2.45) is 0 Å². The number of amides is 2. The molecule has 27 heavy (non-hydrogen) atoms. The molecule has 0 aliphatic carbocycles. The van der Waals surface area contributed by atoms with E-state index in [-0.39, 0.29) is 23.8 Å². The molecule has 0 fully saturated rings. The lowest BCUT2D eigenvalue weighted by molar-refractivity contribution is -0.118. The van der Waals surface area contributed by atoms with Crippen LogP contribution in [0.4, 0.5) is 11.4 Å². The van der Waals surface area contributed by atoms with Crippen LogP contribution in [0.2, 0.25) is 0 Å². The fraction of sp³-hybridized carbons (Fsp3) is 0.364. The molecule has 144 valence electrons. The van der Waals surface area contributed by atoms with Crippen molar-refractivity contribution in [1.82, 2.24) is 0 Å². The standard InChI is InChI=1S/C22H28N2O3/c1-6-20(25)23-18-8-7-9-19(15(18)2)24-21(26)14-27-17-12-10-16(11-13-17)22(3,4)5/h7-13H,6,14H2,1-5H3,(H,23,25)(H,24,26). The van der Waals surface area contributed by atoms with E-state index < -0.39 is 0 Å². The van der Waals surface area contributed by atoms with Crippen molar-refractivity contribution in [3.05, 3.63) is 53.6 Å². The van der Waals surface area contributed by atoms with Gasteiger partial charge in [-0.3, -0.25) is 9.59 Å². The molecular weight excluding hydrogens is 340 g/mol. The van der Waals surface area contributed by atoms with Crippen molar-refractivity contribution in [2.75, 3.05) is 17.2 Å². The fourth-order valence-corrected chi connectivity index (χ4v) is 2.53. The van der Waals surface area contributed by atoms with Crippen molar-refractivity contribution in [3.63, 3.8) is 0 Å². The van der Waals surface area contributed by atoms with E-state index in [1.165, 1.54) is 5.56 Å². The first-order valence-electron chi connectivity index (χ1n) is 9.13. The number of hydrogen-bond donors (Lipinski definition) is 2. The summed E-state index contributed by atoms with van der Waals surface area (Å²) in [5.74, 6) is 0.333. The van der Waals surface area contributed by atoms with E-state index in [1.807, 2.05) is 37.3 Å². The van der Waals surface area contributed by atoms with E-state index in [1.54, 1.807) is 19.1 Å². The second-order valence-electron chi connectivity index (χ2n) is 7.49. The van der Waals surface area contributed by atoms with Gasteiger partial charge in [-0.15, -0.1) is 0 Å². The second kappa shape index (κ2) is 8.71. The molecule has 0 saturated carbocycles. The van der Waals surface area contributed by atoms with Gasteiger partial charge in [-0.25, -0.2) is 0 Å². The molecule has 2 aromatic carbocycles. The monoisotopic (exact) mass is 368 g/mol. The van der Waals surface area contributed by atoms with Crippen molar-refractivity contribution >= 4 is 23.2 Å². The summed E-state index contributed by atoms with van der Waals surface area (Å²) in [6.07, 6.45) is 0.401. The third-order valence-corrected chi connectivity index (χ3v) is 4.29. The third-order valence-electron chi connectivity index (χ3n) is 4.29. The Kier molecular flexibility index (Phi) is 6.61. The summed E-state index contributed by atoms with van der Waals surface area (Å²) < 4.78 is 5.58. The smallest absolute Gasteiger partial charge is 0.262 e. The Labute approximate surface area is 161 Å². The van der Waals surface area contributed by atoms with Crippen LogP contribution in [-0.2, 0) is 15.0 Å². The number of anilines is 2. The lowest BCUT2D eigenvalue weighted by atomic mass is 9.87. The largest absolute Gasteiger partial charge is 0.484 e. The zero-order valence-corrected chi connectivity index (χ0v) is 16.7. The quantitative estimate of drug-likeness (QED) is 0.779. The fourth-order valence-electron chi connectivity index (χ4n) is 2.53. The minimum atomic E-state index is -0.253. The number of ether oxygens (including phenoxy) is 1. The van der Waals surface area contributed by atoms with Gasteiger partial charge in [0, 0.05) is 17.8 Å². The van der Waals surface area contributed by atoms with E-state index in [0.717, 1.165) is 5.56 Å². The Bertz CT molecular complexity index is 805. The normalized spacial score (nSPS) is 11.0. The average Bonchev–Trinajstić information content (AvgIpc) is 2.62. The predicted molar refractivity (Wildman–Crippen MR) is 109 cm³/mol. The summed E-state index contributed by atoms with van der Waals surface area (Å²) in [7, 11) is 0. The van der Waals surface area contributed by atoms with Crippen molar-refractivity contribution < 1.29 is 14.3 Å². The molecule has 2 aromatic rings. The second-order valence-corrected chi connectivity index (χ2v) is 7.49. The number of carbonyl (C=O) groups is 2. The minimum absolute atomic E-state index is 0.0661. The van der Waals surface area contributed by atoms with Crippen molar-refractivity contribution in [3.8, 4) is 5.75 Å². The summed E-state index contributed by atoms with van der Waals surface area (Å²) in [5.41, 5.74) is 3.44. The Morgan fingerprint density at radius 2 is 1.48 bits per heavy atom. The molecule has 0 spiro atoms. The van der Waals surface area contributed by atoms with Crippen LogP contribution in [0.1, 0.15) is 45.2 Å². The van der Waals surface area contributed by atoms with Gasteiger partial charge in [0.2, 0.25) is 5.91 Å². The zero-order valence-electron chi connectivity index (χ0n) is 16.7. The molecule has 0 bridgehead atoms. The van der Waals surface area contributed by atoms with Crippen LogP contribution in [-0.4, -0.2) is 18.4 Å². The topological polar surface area (TPSA) is 67.4 Å². The van der Waals surface area contributed by atoms with Gasteiger partial charge in [-0.2, -0.15) is 0 Å². The average molecular weight is 368 g/mol. The molecule has 0 saturated heterocycles. The van der Waals surface area contributed by atoms with Gasteiger partial charge < -0.3 is 15.4 Å². The van der Waals surface area contributed by atoms with Gasteiger partial charge in [0.05, 0.1) is 0 Å². The summed E-state index contributed by atoms with van der Waals surface area (Å²) in [4.78, 5) is 23.8. The van der Waals surface area contributed by atoms with Crippen LogP contribution in [0.3, 0.4) is 0 Å². The lowest BCUT2D eigenvalue weighted by Gasteiger charge is -2.19. The molecule has 0 aliphatic heterocycles. The molecule has 0 atom stereocenters. The molecule has 2 amide bonds. The molecule has 2 N–H and O–H groups in total. The Morgan fingerprint density at radius 1 is 0.926 bits per heavy atom. The first-order chi connectivity index (χ1) is 12.7. The summed E-state index contributed by atoms with van der Waals surface area (Å²) in [6.45, 7) is 10.0. The highest BCUT2D eigenvalue weighted by Gasteiger charge is 2.13. The predicted octanol–water partition coefficient (Wildman–Crippen LogP) is 4.66. The highest BCUT2D eigenvalue weighted by Crippen LogP contribution is 2.25. The van der Waals surface area contributed by atoms with Crippen LogP contribution in [0.15, 0.2) is 42.5 Å². The van der Waals surface area contributed by atoms with Crippen molar-refractivity contribution in [2.45, 2.75) is 46.5 Å². The molecule has 5 heteroatoms. The molecular formula is C22H28N2O3. The maximum Gasteiger partial charge on any atom is 0.262 e. The minimum Gasteiger partial charge on any atom is -0.484 e. The number of nitrogens with one attached hydrogen (secondary N) is 2. The number of benzene rings is 2. The van der Waals surface area contributed by atoms with E-state index in [9.17, 15) is 9.59 Å². The molecule has 0 unspecified atom stereocenters. The van der Waals surface area contributed by atoms with Crippen LogP contribution in [0.25, 0.3) is 0 Å². The SMILES string of the molecule is CCC(=O)Nc1cccc(NC(=O)COc2ccc(C(C)(C)C)cc2)c1C. The van der Waals surface area contributed by atoms with Gasteiger partial charge in [-0.1, -0.05) is 45.9 Å². The van der Waals surface area contributed by atoms with Crippen molar-refractivity contribution in [1.29, 1.82) is 0 Å². The maximum absolute atomic E-state index is 12.2. The Morgan fingerprint density at radius 3 is 2.00 bits per heavy atom. The molecule has 0 aromatic heterocycles. The maximum atomic E-state index is 12.2. The molecule has 0 aliphatic rings. The van der Waals surface area contributed by atoms with E-state index in [4.69, 9.17) is 4.74 Å².